The van der Waals surface area contributed by atoms with Gasteiger partial charge in [-0.2, -0.15) is 13.2 Å². The molecule has 1 aliphatic heterocycles. The number of rotatable bonds is 0. The molecular weight excluding hydrogens is 151 g/mol. The molecule has 0 fully saturated rings. The minimum Gasteiger partial charge on any atom is -0.336 e. The van der Waals surface area contributed by atoms with E-state index in [4.69, 9.17) is 0 Å². The van der Waals surface area contributed by atoms with Crippen molar-refractivity contribution in [3.05, 3.63) is 11.8 Å². The Hall–Kier alpha value is -0.320. The van der Waals surface area contributed by atoms with Crippen LogP contribution in [0.15, 0.2) is 11.8 Å². The molecular formula is C4H4F3NS. The van der Waals surface area contributed by atoms with Crippen LogP contribution in [0.4, 0.5) is 13.2 Å². The molecule has 0 aromatic carbocycles. The number of halogens is 3. The zero-order valence-corrected chi connectivity index (χ0v) is 5.14. The van der Waals surface area contributed by atoms with Gasteiger partial charge in [-0.05, 0) is 11.9 Å². The van der Waals surface area contributed by atoms with Gasteiger partial charge in [-0.3, -0.25) is 0 Å². The van der Waals surface area contributed by atoms with Gasteiger partial charge in [0.2, 0.25) is 0 Å². The summed E-state index contributed by atoms with van der Waals surface area (Å²) in [6.45, 7) is 0. The first-order chi connectivity index (χ1) is 4.11. The largest absolute Gasteiger partial charge is 0.414 e. The molecule has 0 radical (unpaired) electrons. The van der Waals surface area contributed by atoms with Crippen molar-refractivity contribution in [2.45, 2.75) is 6.18 Å². The molecule has 1 rings (SSSR count). The summed E-state index contributed by atoms with van der Waals surface area (Å²) in [6.07, 6.45) is -3.15. The van der Waals surface area contributed by atoms with Crippen molar-refractivity contribution in [1.29, 1.82) is 0 Å². The lowest BCUT2D eigenvalue weighted by Gasteiger charge is -2.03. The van der Waals surface area contributed by atoms with Crippen LogP contribution in [0, 0.1) is 0 Å². The second-order valence-electron chi connectivity index (χ2n) is 1.57. The lowest BCUT2D eigenvalue weighted by Crippen LogP contribution is -2.11. The maximum atomic E-state index is 11.6. The van der Waals surface area contributed by atoms with Crippen molar-refractivity contribution >= 4 is 11.9 Å². The molecule has 0 bridgehead atoms. The molecule has 0 amide bonds. The third-order valence-corrected chi connectivity index (χ3v) is 1.65. The van der Waals surface area contributed by atoms with Crippen molar-refractivity contribution in [1.82, 2.24) is 4.72 Å². The van der Waals surface area contributed by atoms with E-state index in [1.54, 1.807) is 0 Å². The Morgan fingerprint density at radius 3 is 2.44 bits per heavy atom. The van der Waals surface area contributed by atoms with Gasteiger partial charge in [0, 0.05) is 12.0 Å². The number of hydrogen-bond donors (Lipinski definition) is 1. The summed E-state index contributed by atoms with van der Waals surface area (Å²) in [5.41, 5.74) is -0.493. The molecule has 0 aliphatic carbocycles. The lowest BCUT2D eigenvalue weighted by atomic mass is 10.3. The second-order valence-corrected chi connectivity index (χ2v) is 2.39. The first-order valence-corrected chi connectivity index (χ1v) is 3.23. The van der Waals surface area contributed by atoms with Crippen LogP contribution in [0.5, 0.6) is 0 Å². The number of alkyl halides is 3. The molecule has 5 heteroatoms. The van der Waals surface area contributed by atoms with Gasteiger partial charge >= 0.3 is 6.18 Å². The highest BCUT2D eigenvalue weighted by atomic mass is 32.2. The fraction of sp³-hybridized carbons (Fsp3) is 0.500. The van der Waals surface area contributed by atoms with E-state index in [1.165, 1.54) is 0 Å². The molecule has 1 nitrogen and oxygen atoms in total. The Morgan fingerprint density at radius 1 is 1.56 bits per heavy atom. The highest BCUT2D eigenvalue weighted by Crippen LogP contribution is 2.30. The van der Waals surface area contributed by atoms with Crippen LogP contribution in [-0.2, 0) is 0 Å². The normalized spacial score (nSPS) is 19.2. The fourth-order valence-electron chi connectivity index (χ4n) is 0.438. The topological polar surface area (TPSA) is 12.0 Å². The predicted octanol–water partition coefficient (Wildman–Crippen LogP) is 1.68. The first-order valence-electron chi connectivity index (χ1n) is 2.24. The van der Waals surface area contributed by atoms with Crippen LogP contribution >= 0.6 is 11.9 Å². The quantitative estimate of drug-likeness (QED) is 0.534. The minimum absolute atomic E-state index is 0.0174. The Bertz CT molecular complexity index is 139. The Kier molecular flexibility index (Phi) is 1.61. The second kappa shape index (κ2) is 2.13. The van der Waals surface area contributed by atoms with Crippen LogP contribution in [0.3, 0.4) is 0 Å². The van der Waals surface area contributed by atoms with Gasteiger partial charge in [0.1, 0.15) is 0 Å². The van der Waals surface area contributed by atoms with Gasteiger partial charge in [0.25, 0.3) is 0 Å². The molecule has 1 aliphatic rings. The van der Waals surface area contributed by atoms with E-state index < -0.39 is 11.7 Å². The van der Waals surface area contributed by atoms with E-state index in [0.29, 0.717) is 0 Å². The number of nitrogens with one attached hydrogen (secondary N) is 1. The van der Waals surface area contributed by atoms with E-state index in [9.17, 15) is 13.2 Å². The zero-order valence-electron chi connectivity index (χ0n) is 4.33. The summed E-state index contributed by atoms with van der Waals surface area (Å²) in [5, 5.41) is 0. The Balaban J connectivity index is 2.61. The summed E-state index contributed by atoms with van der Waals surface area (Å²) < 4.78 is 37.3. The van der Waals surface area contributed by atoms with Crippen molar-refractivity contribution < 1.29 is 13.2 Å². The highest BCUT2D eigenvalue weighted by molar-refractivity contribution is 7.97. The zero-order chi connectivity index (χ0) is 6.91. The summed E-state index contributed by atoms with van der Waals surface area (Å²) in [5.74, 6) is 0.0174. The van der Waals surface area contributed by atoms with E-state index >= 15 is 0 Å². The summed E-state index contributed by atoms with van der Waals surface area (Å²) in [4.78, 5) is 0. The Labute approximate surface area is 54.4 Å². The third-order valence-electron chi connectivity index (χ3n) is 0.908. The summed E-state index contributed by atoms with van der Waals surface area (Å²) >= 11 is 1.05. The van der Waals surface area contributed by atoms with Gasteiger partial charge in [-0.25, -0.2) is 0 Å². The SMILES string of the molecule is FC(F)(F)C1=CNSC1. The predicted molar refractivity (Wildman–Crippen MR) is 29.7 cm³/mol. The molecule has 0 saturated carbocycles. The van der Waals surface area contributed by atoms with Crippen molar-refractivity contribution in [2.75, 3.05) is 5.75 Å². The van der Waals surface area contributed by atoms with Crippen molar-refractivity contribution in [3.8, 4) is 0 Å². The summed E-state index contributed by atoms with van der Waals surface area (Å²) in [6, 6.07) is 0. The maximum Gasteiger partial charge on any atom is 0.414 e. The molecule has 0 aromatic rings. The molecule has 0 atom stereocenters. The van der Waals surface area contributed by atoms with Crippen LogP contribution < -0.4 is 4.72 Å². The van der Waals surface area contributed by atoms with Gasteiger partial charge in [0.05, 0.1) is 5.57 Å². The Morgan fingerprint density at radius 2 is 2.22 bits per heavy atom. The molecule has 9 heavy (non-hydrogen) atoms. The standard InChI is InChI=1S/C4H4F3NS/c5-4(6,7)3-1-8-9-2-3/h1,8H,2H2. The van der Waals surface area contributed by atoms with Crippen molar-refractivity contribution in [2.24, 2.45) is 0 Å². The van der Waals surface area contributed by atoms with E-state index in [1.807, 2.05) is 0 Å². The molecule has 1 heterocycles. The molecule has 0 aromatic heterocycles. The van der Waals surface area contributed by atoms with Gasteiger partial charge < -0.3 is 4.72 Å². The van der Waals surface area contributed by atoms with Gasteiger partial charge in [-0.15, -0.1) is 0 Å². The highest BCUT2D eigenvalue weighted by Gasteiger charge is 2.34. The monoisotopic (exact) mass is 155 g/mol. The molecule has 0 unspecified atom stereocenters. The van der Waals surface area contributed by atoms with E-state index in [2.05, 4.69) is 4.72 Å². The van der Waals surface area contributed by atoms with Crippen LogP contribution in [0.1, 0.15) is 0 Å². The fourth-order valence-corrected chi connectivity index (χ4v) is 1.15. The van der Waals surface area contributed by atoms with E-state index in [-0.39, 0.29) is 5.75 Å². The third kappa shape index (κ3) is 1.54. The first kappa shape index (κ1) is 6.80. The van der Waals surface area contributed by atoms with Crippen LogP contribution in [-0.4, -0.2) is 11.9 Å². The molecule has 1 N–H and O–H groups in total. The minimum atomic E-state index is -4.14. The smallest absolute Gasteiger partial charge is 0.336 e. The van der Waals surface area contributed by atoms with E-state index in [0.717, 1.165) is 18.1 Å². The van der Waals surface area contributed by atoms with Crippen LogP contribution in [0.2, 0.25) is 0 Å². The van der Waals surface area contributed by atoms with Gasteiger partial charge in [0.15, 0.2) is 0 Å². The lowest BCUT2D eigenvalue weighted by molar-refractivity contribution is -0.0907. The average Bonchev–Trinajstić information content (AvgIpc) is 2.08. The van der Waals surface area contributed by atoms with Gasteiger partial charge in [-0.1, -0.05) is 0 Å². The molecule has 52 valence electrons. The van der Waals surface area contributed by atoms with Crippen molar-refractivity contribution in [3.63, 3.8) is 0 Å². The molecule has 0 saturated heterocycles. The molecule has 0 spiro atoms. The summed E-state index contributed by atoms with van der Waals surface area (Å²) in [7, 11) is 0. The number of hydrogen-bond acceptors (Lipinski definition) is 2. The average molecular weight is 155 g/mol. The maximum absolute atomic E-state index is 11.6. The van der Waals surface area contributed by atoms with Crippen LogP contribution in [0.25, 0.3) is 0 Å².